The van der Waals surface area contributed by atoms with Crippen LogP contribution in [-0.2, 0) is 14.3 Å². The van der Waals surface area contributed by atoms with E-state index in [4.69, 9.17) is 0 Å². The number of hydrogen-bond acceptors (Lipinski definition) is 4. The number of hydrazine groups is 1. The molecule has 20 heavy (non-hydrogen) atoms. The van der Waals surface area contributed by atoms with E-state index in [1.54, 1.807) is 6.92 Å². The Labute approximate surface area is 114 Å². The highest BCUT2D eigenvalue weighted by molar-refractivity contribution is 5.95. The Kier molecular flexibility index (Phi) is 5.89. The highest BCUT2D eigenvalue weighted by Crippen LogP contribution is 2.04. The molecule has 0 radical (unpaired) electrons. The lowest BCUT2D eigenvalue weighted by Gasteiger charge is -2.07. The van der Waals surface area contributed by atoms with E-state index in [0.717, 1.165) is 12.1 Å². The Morgan fingerprint density at radius 1 is 1.25 bits per heavy atom. The zero-order valence-electron chi connectivity index (χ0n) is 10.7. The van der Waals surface area contributed by atoms with E-state index in [0.29, 0.717) is 0 Å². The molecule has 106 valence electrons. The minimum absolute atomic E-state index is 0.210. The van der Waals surface area contributed by atoms with Gasteiger partial charge in [0, 0.05) is 6.08 Å². The maximum Gasteiger partial charge on any atom is 0.330 e. The van der Waals surface area contributed by atoms with Crippen molar-refractivity contribution in [1.82, 2.24) is 10.9 Å². The summed E-state index contributed by atoms with van der Waals surface area (Å²) in [6, 6.07) is 5.31. The summed E-state index contributed by atoms with van der Waals surface area (Å²) in [6.07, 6.45) is 2.60. The van der Waals surface area contributed by atoms with Crippen LogP contribution in [0, 0.1) is 5.82 Å². The predicted molar refractivity (Wildman–Crippen MR) is 67.8 cm³/mol. The normalized spacial score (nSPS) is 10.1. The van der Waals surface area contributed by atoms with Crippen LogP contribution in [0.1, 0.15) is 17.3 Å². The summed E-state index contributed by atoms with van der Waals surface area (Å²) in [7, 11) is 0. The van der Waals surface area contributed by atoms with Crippen molar-refractivity contribution in [1.29, 1.82) is 0 Å². The van der Waals surface area contributed by atoms with Gasteiger partial charge < -0.3 is 4.74 Å². The average Bonchev–Trinajstić information content (AvgIpc) is 2.43. The number of benzene rings is 1. The molecule has 0 aliphatic carbocycles. The summed E-state index contributed by atoms with van der Waals surface area (Å²) in [5.41, 5.74) is 3.80. The lowest BCUT2D eigenvalue weighted by atomic mass is 10.2. The molecule has 0 saturated carbocycles. The standard InChI is InChI=1S/C13H13FN2O4/c1-2-5-12(18)20-8-11(17)15-16-13(19)9-6-3-4-7-10(9)14/h2-7H,8H2,1H3,(H,15,17)(H,16,19)/b5-2+. The first-order valence-corrected chi connectivity index (χ1v) is 5.67. The molecule has 2 N–H and O–H groups in total. The molecule has 1 aromatic rings. The van der Waals surface area contributed by atoms with Gasteiger partial charge in [-0.1, -0.05) is 18.2 Å². The minimum Gasteiger partial charge on any atom is -0.452 e. The Hall–Kier alpha value is -2.70. The van der Waals surface area contributed by atoms with Crippen LogP contribution in [0.4, 0.5) is 4.39 Å². The summed E-state index contributed by atoms with van der Waals surface area (Å²) in [5, 5.41) is 0. The van der Waals surface area contributed by atoms with Crippen LogP contribution >= 0.6 is 0 Å². The fraction of sp³-hybridized carbons (Fsp3) is 0.154. The first-order valence-electron chi connectivity index (χ1n) is 5.67. The fourth-order valence-corrected chi connectivity index (χ4v) is 1.20. The van der Waals surface area contributed by atoms with Crippen molar-refractivity contribution < 1.29 is 23.5 Å². The molecule has 0 atom stereocenters. The molecule has 1 rings (SSSR count). The van der Waals surface area contributed by atoms with Gasteiger partial charge in [-0.2, -0.15) is 0 Å². The number of rotatable bonds is 4. The largest absolute Gasteiger partial charge is 0.452 e. The zero-order valence-corrected chi connectivity index (χ0v) is 10.7. The fourth-order valence-electron chi connectivity index (χ4n) is 1.20. The van der Waals surface area contributed by atoms with Crippen molar-refractivity contribution in [2.75, 3.05) is 6.61 Å². The molecule has 0 aliphatic heterocycles. The van der Waals surface area contributed by atoms with Gasteiger partial charge in [-0.05, 0) is 19.1 Å². The molecule has 0 aliphatic rings. The molecule has 0 aromatic heterocycles. The molecule has 2 amide bonds. The van der Waals surface area contributed by atoms with Gasteiger partial charge in [-0.15, -0.1) is 0 Å². The summed E-state index contributed by atoms with van der Waals surface area (Å²) in [5.74, 6) is -2.94. The van der Waals surface area contributed by atoms with E-state index in [-0.39, 0.29) is 5.56 Å². The van der Waals surface area contributed by atoms with E-state index < -0.39 is 30.2 Å². The molecule has 0 heterocycles. The molecule has 0 unspecified atom stereocenters. The van der Waals surface area contributed by atoms with Crippen molar-refractivity contribution in [3.8, 4) is 0 Å². The van der Waals surface area contributed by atoms with Crippen molar-refractivity contribution in [2.24, 2.45) is 0 Å². The number of allylic oxidation sites excluding steroid dienone is 1. The Morgan fingerprint density at radius 2 is 1.95 bits per heavy atom. The van der Waals surface area contributed by atoms with E-state index in [1.165, 1.54) is 24.3 Å². The summed E-state index contributed by atoms with van der Waals surface area (Å²) in [4.78, 5) is 33.7. The maximum absolute atomic E-state index is 13.3. The number of halogens is 1. The molecule has 7 heteroatoms. The van der Waals surface area contributed by atoms with Crippen LogP contribution in [0.3, 0.4) is 0 Å². The number of carbonyl (C=O) groups excluding carboxylic acids is 3. The second kappa shape index (κ2) is 7.67. The molecule has 0 saturated heterocycles. The first-order chi connectivity index (χ1) is 9.54. The summed E-state index contributed by atoms with van der Waals surface area (Å²) >= 11 is 0. The van der Waals surface area contributed by atoms with Crippen molar-refractivity contribution in [3.05, 3.63) is 47.8 Å². The SMILES string of the molecule is C/C=C/C(=O)OCC(=O)NNC(=O)c1ccccc1F. The topological polar surface area (TPSA) is 84.5 Å². The monoisotopic (exact) mass is 280 g/mol. The smallest absolute Gasteiger partial charge is 0.330 e. The number of ether oxygens (including phenoxy) is 1. The van der Waals surface area contributed by atoms with Crippen LogP contribution in [0.5, 0.6) is 0 Å². The molecular formula is C13H13FN2O4. The summed E-state index contributed by atoms with van der Waals surface area (Å²) in [6.45, 7) is 1.07. The molecule has 1 aromatic carbocycles. The van der Waals surface area contributed by atoms with Gasteiger partial charge >= 0.3 is 5.97 Å². The van der Waals surface area contributed by atoms with Gasteiger partial charge in [0.05, 0.1) is 5.56 Å². The third-order valence-corrected chi connectivity index (χ3v) is 2.08. The molecule has 6 nitrogen and oxygen atoms in total. The first kappa shape index (κ1) is 15.4. The van der Waals surface area contributed by atoms with Gasteiger partial charge in [0.1, 0.15) is 5.82 Å². The van der Waals surface area contributed by atoms with Gasteiger partial charge in [-0.25, -0.2) is 9.18 Å². The second-order valence-corrected chi connectivity index (χ2v) is 3.59. The van der Waals surface area contributed by atoms with Crippen LogP contribution < -0.4 is 10.9 Å². The average molecular weight is 280 g/mol. The van der Waals surface area contributed by atoms with Crippen molar-refractivity contribution in [2.45, 2.75) is 6.92 Å². The number of esters is 1. The highest BCUT2D eigenvalue weighted by Gasteiger charge is 2.12. The number of nitrogens with one attached hydrogen (secondary N) is 2. The number of hydrogen-bond donors (Lipinski definition) is 2. The van der Waals surface area contributed by atoms with Crippen LogP contribution in [-0.4, -0.2) is 24.4 Å². The van der Waals surface area contributed by atoms with E-state index in [1.807, 2.05) is 10.9 Å². The Bertz CT molecular complexity index is 543. The molecule has 0 spiro atoms. The second-order valence-electron chi connectivity index (χ2n) is 3.59. The van der Waals surface area contributed by atoms with Gasteiger partial charge in [-0.3, -0.25) is 20.4 Å². The lowest BCUT2D eigenvalue weighted by Crippen LogP contribution is -2.43. The van der Waals surface area contributed by atoms with Gasteiger partial charge in [0.2, 0.25) is 0 Å². The quantitative estimate of drug-likeness (QED) is 0.483. The van der Waals surface area contributed by atoms with E-state index in [9.17, 15) is 18.8 Å². The van der Waals surface area contributed by atoms with Crippen LogP contribution in [0.15, 0.2) is 36.4 Å². The highest BCUT2D eigenvalue weighted by atomic mass is 19.1. The van der Waals surface area contributed by atoms with Crippen molar-refractivity contribution in [3.63, 3.8) is 0 Å². The minimum atomic E-state index is -0.809. The maximum atomic E-state index is 13.3. The van der Waals surface area contributed by atoms with Gasteiger partial charge in [0.15, 0.2) is 6.61 Å². The van der Waals surface area contributed by atoms with Crippen LogP contribution in [0.2, 0.25) is 0 Å². The van der Waals surface area contributed by atoms with Crippen molar-refractivity contribution >= 4 is 17.8 Å². The lowest BCUT2D eigenvalue weighted by molar-refractivity contribution is -0.144. The molecular weight excluding hydrogens is 267 g/mol. The third-order valence-electron chi connectivity index (χ3n) is 2.08. The summed E-state index contributed by atoms with van der Waals surface area (Å²) < 4.78 is 17.8. The third kappa shape index (κ3) is 4.89. The van der Waals surface area contributed by atoms with E-state index in [2.05, 4.69) is 4.74 Å². The predicted octanol–water partition coefficient (Wildman–Crippen LogP) is 0.706. The number of amides is 2. The Balaban J connectivity index is 2.40. The van der Waals surface area contributed by atoms with Crippen LogP contribution in [0.25, 0.3) is 0 Å². The number of carbonyl (C=O) groups is 3. The molecule has 0 bridgehead atoms. The van der Waals surface area contributed by atoms with E-state index >= 15 is 0 Å². The van der Waals surface area contributed by atoms with Gasteiger partial charge in [0.25, 0.3) is 11.8 Å². The Morgan fingerprint density at radius 3 is 2.60 bits per heavy atom. The molecule has 0 fully saturated rings. The zero-order chi connectivity index (χ0) is 15.0.